The molecule has 1 aliphatic rings. The largest absolute Gasteiger partial charge is 0.463 e. The van der Waals surface area contributed by atoms with Gasteiger partial charge in [0.1, 0.15) is 0 Å². The van der Waals surface area contributed by atoms with Crippen molar-refractivity contribution in [1.82, 2.24) is 4.90 Å². The molecule has 3 heteroatoms. The van der Waals surface area contributed by atoms with Crippen molar-refractivity contribution in [2.24, 2.45) is 0 Å². The predicted octanol–water partition coefficient (Wildman–Crippen LogP) is 2.98. The minimum absolute atomic E-state index is 0.0351. The van der Waals surface area contributed by atoms with E-state index in [1.54, 1.807) is 0 Å². The van der Waals surface area contributed by atoms with Crippen molar-refractivity contribution in [2.75, 3.05) is 13.1 Å². The van der Waals surface area contributed by atoms with Gasteiger partial charge in [-0.05, 0) is 26.7 Å². The first-order valence-corrected chi connectivity index (χ1v) is 7.07. The molecule has 100 valence electrons. The molecule has 0 saturated carbocycles. The second kappa shape index (κ2) is 7.70. The second-order valence-corrected chi connectivity index (χ2v) is 5.24. The van der Waals surface area contributed by atoms with Crippen molar-refractivity contribution in [3.05, 3.63) is 0 Å². The highest BCUT2D eigenvalue weighted by molar-refractivity contribution is 5.69. The minimum atomic E-state index is -0.0351. The van der Waals surface area contributed by atoms with Gasteiger partial charge in [-0.15, -0.1) is 0 Å². The van der Waals surface area contributed by atoms with Crippen LogP contribution in [0.2, 0.25) is 0 Å². The first kappa shape index (κ1) is 14.5. The quantitative estimate of drug-likeness (QED) is 0.353. The molecule has 0 aromatic carbocycles. The summed E-state index contributed by atoms with van der Waals surface area (Å²) < 4.78 is 5.38. The Morgan fingerprint density at radius 1 is 1.41 bits per heavy atom. The fourth-order valence-electron chi connectivity index (χ4n) is 2.04. The second-order valence-electron chi connectivity index (χ2n) is 5.24. The number of unbranched alkanes of at least 4 members (excludes halogenated alkanes) is 3. The van der Waals surface area contributed by atoms with Crippen LogP contribution in [-0.2, 0) is 9.53 Å². The van der Waals surface area contributed by atoms with Gasteiger partial charge < -0.3 is 4.74 Å². The van der Waals surface area contributed by atoms with E-state index in [2.05, 4.69) is 18.7 Å². The number of carbonyl (C=O) groups excluding carboxylic acids is 1. The third-order valence-corrected chi connectivity index (χ3v) is 3.39. The zero-order chi connectivity index (χ0) is 12.7. The molecule has 3 atom stereocenters. The van der Waals surface area contributed by atoms with E-state index in [9.17, 15) is 4.79 Å². The average molecular weight is 241 g/mol. The van der Waals surface area contributed by atoms with E-state index in [1.807, 2.05) is 6.92 Å². The van der Waals surface area contributed by atoms with Crippen molar-refractivity contribution >= 4 is 5.97 Å². The van der Waals surface area contributed by atoms with E-state index >= 15 is 0 Å². The van der Waals surface area contributed by atoms with E-state index < -0.39 is 0 Å². The van der Waals surface area contributed by atoms with Gasteiger partial charge in [0.05, 0.1) is 12.5 Å². The van der Waals surface area contributed by atoms with Gasteiger partial charge in [0, 0.05) is 19.1 Å². The van der Waals surface area contributed by atoms with Gasteiger partial charge in [0.15, 0.2) is 0 Å². The lowest BCUT2D eigenvalue weighted by molar-refractivity contribution is -0.148. The summed E-state index contributed by atoms with van der Waals surface area (Å²) in [4.78, 5) is 13.8. The normalized spacial score (nSPS) is 24.4. The summed E-state index contributed by atoms with van der Waals surface area (Å²) >= 11 is 0. The zero-order valence-corrected chi connectivity index (χ0v) is 11.6. The highest BCUT2D eigenvalue weighted by Gasteiger charge is 2.28. The molecule has 0 radical (unpaired) electrons. The van der Waals surface area contributed by atoms with Crippen LogP contribution in [0.1, 0.15) is 59.3 Å². The summed E-state index contributed by atoms with van der Waals surface area (Å²) in [6, 6.07) is 0.675. The predicted molar refractivity (Wildman–Crippen MR) is 70.0 cm³/mol. The number of esters is 1. The Hall–Kier alpha value is -0.570. The molecule has 1 heterocycles. The highest BCUT2D eigenvalue weighted by Crippen LogP contribution is 2.16. The SMILES string of the molecule is CCCCCCC(C)OC(=O)CCN1CC1C. The molecule has 17 heavy (non-hydrogen) atoms. The molecule has 0 aromatic heterocycles. The molecule has 1 saturated heterocycles. The van der Waals surface area contributed by atoms with Gasteiger partial charge >= 0.3 is 5.97 Å². The molecule has 0 bridgehead atoms. The Morgan fingerprint density at radius 2 is 2.12 bits per heavy atom. The number of rotatable bonds is 9. The van der Waals surface area contributed by atoms with Crippen LogP contribution in [0.4, 0.5) is 0 Å². The summed E-state index contributed by atoms with van der Waals surface area (Å²) in [5.41, 5.74) is 0. The van der Waals surface area contributed by atoms with Gasteiger partial charge in [-0.1, -0.05) is 26.2 Å². The summed E-state index contributed by atoms with van der Waals surface area (Å²) in [6.07, 6.45) is 6.60. The molecule has 0 amide bonds. The lowest BCUT2D eigenvalue weighted by Gasteiger charge is -2.13. The average Bonchev–Trinajstić information content (AvgIpc) is 2.98. The van der Waals surface area contributed by atoms with Gasteiger partial charge in [0.2, 0.25) is 0 Å². The zero-order valence-electron chi connectivity index (χ0n) is 11.6. The van der Waals surface area contributed by atoms with Crippen molar-refractivity contribution < 1.29 is 9.53 Å². The summed E-state index contributed by atoms with van der Waals surface area (Å²) in [5.74, 6) is -0.0351. The molecule has 1 fully saturated rings. The number of hydrogen-bond donors (Lipinski definition) is 0. The molecule has 3 unspecified atom stereocenters. The van der Waals surface area contributed by atoms with Crippen LogP contribution >= 0.6 is 0 Å². The Kier molecular flexibility index (Phi) is 6.56. The van der Waals surface area contributed by atoms with E-state index in [1.165, 1.54) is 25.7 Å². The maximum Gasteiger partial charge on any atom is 0.307 e. The van der Waals surface area contributed by atoms with E-state index in [0.29, 0.717) is 12.5 Å². The van der Waals surface area contributed by atoms with Crippen LogP contribution in [0.3, 0.4) is 0 Å². The molecular formula is C14H27NO2. The van der Waals surface area contributed by atoms with Gasteiger partial charge in [-0.3, -0.25) is 9.69 Å². The standard InChI is InChI=1S/C14H27NO2/c1-4-5-6-7-8-13(3)17-14(16)9-10-15-11-12(15)2/h12-13H,4-11H2,1-3H3. The van der Waals surface area contributed by atoms with Crippen LogP contribution in [0.5, 0.6) is 0 Å². The van der Waals surface area contributed by atoms with Crippen molar-refractivity contribution in [1.29, 1.82) is 0 Å². The number of hydrogen-bond acceptors (Lipinski definition) is 3. The number of ether oxygens (including phenoxy) is 1. The summed E-state index contributed by atoms with van der Waals surface area (Å²) in [6.45, 7) is 8.39. The fourth-order valence-corrected chi connectivity index (χ4v) is 2.04. The molecule has 0 aliphatic carbocycles. The summed E-state index contributed by atoms with van der Waals surface area (Å²) in [7, 11) is 0. The molecule has 3 nitrogen and oxygen atoms in total. The third-order valence-electron chi connectivity index (χ3n) is 3.39. The van der Waals surface area contributed by atoms with Crippen LogP contribution in [0.25, 0.3) is 0 Å². The number of carbonyl (C=O) groups is 1. The fraction of sp³-hybridized carbons (Fsp3) is 0.929. The Bertz CT molecular complexity index is 230. The maximum absolute atomic E-state index is 11.5. The van der Waals surface area contributed by atoms with Gasteiger partial charge in [-0.2, -0.15) is 0 Å². The summed E-state index contributed by atoms with van der Waals surface area (Å²) in [5, 5.41) is 0. The monoisotopic (exact) mass is 241 g/mol. The van der Waals surface area contributed by atoms with Gasteiger partial charge in [-0.25, -0.2) is 0 Å². The molecule has 1 rings (SSSR count). The van der Waals surface area contributed by atoms with Crippen LogP contribution in [-0.4, -0.2) is 36.1 Å². The van der Waals surface area contributed by atoms with E-state index in [4.69, 9.17) is 4.74 Å². The number of nitrogens with zero attached hydrogens (tertiary/aromatic N) is 1. The molecule has 0 aromatic rings. The van der Waals surface area contributed by atoms with Crippen molar-refractivity contribution in [3.8, 4) is 0 Å². The van der Waals surface area contributed by atoms with Crippen molar-refractivity contribution in [3.63, 3.8) is 0 Å². The van der Waals surface area contributed by atoms with Crippen LogP contribution in [0.15, 0.2) is 0 Å². The smallest absolute Gasteiger partial charge is 0.307 e. The minimum Gasteiger partial charge on any atom is -0.463 e. The topological polar surface area (TPSA) is 29.3 Å². The molecule has 0 N–H and O–H groups in total. The highest BCUT2D eigenvalue weighted by atomic mass is 16.5. The first-order chi connectivity index (χ1) is 8.13. The van der Waals surface area contributed by atoms with Crippen LogP contribution < -0.4 is 0 Å². The Labute approximate surface area is 106 Å². The lowest BCUT2D eigenvalue weighted by Crippen LogP contribution is -2.17. The third kappa shape index (κ3) is 6.67. The van der Waals surface area contributed by atoms with E-state index in [0.717, 1.165) is 19.5 Å². The lowest BCUT2D eigenvalue weighted by atomic mass is 10.1. The first-order valence-electron chi connectivity index (χ1n) is 7.07. The maximum atomic E-state index is 11.5. The molecular weight excluding hydrogens is 214 g/mol. The Morgan fingerprint density at radius 3 is 2.71 bits per heavy atom. The van der Waals surface area contributed by atoms with Gasteiger partial charge in [0.25, 0.3) is 0 Å². The van der Waals surface area contributed by atoms with E-state index in [-0.39, 0.29) is 12.1 Å². The van der Waals surface area contributed by atoms with Crippen molar-refractivity contribution in [2.45, 2.75) is 71.4 Å². The molecule has 0 spiro atoms. The Balaban J connectivity index is 1.96. The van der Waals surface area contributed by atoms with Crippen LogP contribution in [0, 0.1) is 0 Å². The molecule has 1 aliphatic heterocycles.